The SMILES string of the molecule is CCCNC(=O)C(Cc1ccccc1)N(Cc1cccc(OC)c1)C(=O)CCc1ccc(OCC)c(OCC)c1. The van der Waals surface area contributed by atoms with E-state index in [1.54, 1.807) is 12.0 Å². The lowest BCUT2D eigenvalue weighted by Crippen LogP contribution is -2.50. The molecule has 40 heavy (non-hydrogen) atoms. The van der Waals surface area contributed by atoms with Gasteiger partial charge in [0, 0.05) is 25.9 Å². The molecule has 0 aliphatic carbocycles. The first kappa shape index (κ1) is 30.5. The molecule has 0 fully saturated rings. The van der Waals surface area contributed by atoms with Crippen LogP contribution in [0.3, 0.4) is 0 Å². The van der Waals surface area contributed by atoms with Crippen LogP contribution in [0, 0.1) is 0 Å². The maximum atomic E-state index is 13.9. The van der Waals surface area contributed by atoms with E-state index in [1.807, 2.05) is 93.6 Å². The normalized spacial score (nSPS) is 11.4. The van der Waals surface area contributed by atoms with Gasteiger partial charge in [0.05, 0.1) is 20.3 Å². The summed E-state index contributed by atoms with van der Waals surface area (Å²) in [5.41, 5.74) is 2.86. The van der Waals surface area contributed by atoms with Crippen molar-refractivity contribution in [2.45, 2.75) is 59.0 Å². The lowest BCUT2D eigenvalue weighted by atomic mass is 10.0. The third kappa shape index (κ3) is 9.04. The summed E-state index contributed by atoms with van der Waals surface area (Å²) in [7, 11) is 1.62. The summed E-state index contributed by atoms with van der Waals surface area (Å²) in [6.07, 6.45) is 1.99. The molecular formula is C33H42N2O5. The number of amides is 2. The Morgan fingerprint density at radius 1 is 0.825 bits per heavy atom. The van der Waals surface area contributed by atoms with E-state index < -0.39 is 6.04 Å². The molecule has 7 heteroatoms. The fraction of sp³-hybridized carbons (Fsp3) is 0.394. The number of rotatable bonds is 16. The van der Waals surface area contributed by atoms with Crippen molar-refractivity contribution in [3.05, 3.63) is 89.5 Å². The number of nitrogens with zero attached hydrogens (tertiary/aromatic N) is 1. The van der Waals surface area contributed by atoms with Crippen LogP contribution >= 0.6 is 0 Å². The summed E-state index contributed by atoms with van der Waals surface area (Å²) in [5, 5.41) is 3.02. The summed E-state index contributed by atoms with van der Waals surface area (Å²) >= 11 is 0. The first-order valence-electron chi connectivity index (χ1n) is 14.1. The molecule has 0 spiro atoms. The molecule has 3 aromatic carbocycles. The summed E-state index contributed by atoms with van der Waals surface area (Å²) in [6, 6.07) is 22.6. The monoisotopic (exact) mass is 546 g/mol. The molecule has 0 bridgehead atoms. The summed E-state index contributed by atoms with van der Waals surface area (Å²) in [5.74, 6) is 1.82. The summed E-state index contributed by atoms with van der Waals surface area (Å²) < 4.78 is 16.9. The highest BCUT2D eigenvalue weighted by Gasteiger charge is 2.30. The highest BCUT2D eigenvalue weighted by atomic mass is 16.5. The van der Waals surface area contributed by atoms with Crippen LogP contribution in [-0.2, 0) is 29.0 Å². The Hall–Kier alpha value is -4.00. The first-order chi connectivity index (χ1) is 19.5. The largest absolute Gasteiger partial charge is 0.497 e. The molecule has 2 amide bonds. The van der Waals surface area contributed by atoms with Crippen LogP contribution in [-0.4, -0.2) is 49.6 Å². The van der Waals surface area contributed by atoms with Gasteiger partial charge in [-0.15, -0.1) is 0 Å². The molecule has 1 atom stereocenters. The Kier molecular flexibility index (Phi) is 12.4. The van der Waals surface area contributed by atoms with Gasteiger partial charge < -0.3 is 24.4 Å². The average molecular weight is 547 g/mol. The quantitative estimate of drug-likeness (QED) is 0.253. The van der Waals surface area contributed by atoms with E-state index in [0.29, 0.717) is 56.4 Å². The van der Waals surface area contributed by atoms with E-state index in [-0.39, 0.29) is 18.2 Å². The van der Waals surface area contributed by atoms with Crippen LogP contribution in [0.1, 0.15) is 50.3 Å². The van der Waals surface area contributed by atoms with Gasteiger partial charge in [0.25, 0.3) is 0 Å². The second-order valence-corrected chi connectivity index (χ2v) is 9.52. The van der Waals surface area contributed by atoms with Gasteiger partial charge in [-0.2, -0.15) is 0 Å². The van der Waals surface area contributed by atoms with Gasteiger partial charge in [-0.05, 0) is 67.6 Å². The molecule has 0 heterocycles. The lowest BCUT2D eigenvalue weighted by Gasteiger charge is -2.32. The predicted molar refractivity (Wildman–Crippen MR) is 158 cm³/mol. The Balaban J connectivity index is 1.90. The van der Waals surface area contributed by atoms with Crippen LogP contribution in [0.25, 0.3) is 0 Å². The van der Waals surface area contributed by atoms with Crippen LogP contribution in [0.4, 0.5) is 0 Å². The Bertz CT molecular complexity index is 1210. The van der Waals surface area contributed by atoms with Crippen molar-refractivity contribution in [3.63, 3.8) is 0 Å². The van der Waals surface area contributed by atoms with E-state index in [1.165, 1.54) is 0 Å². The molecule has 7 nitrogen and oxygen atoms in total. The molecule has 0 saturated carbocycles. The number of benzene rings is 3. The van der Waals surface area contributed by atoms with E-state index in [9.17, 15) is 9.59 Å². The molecule has 214 valence electrons. The van der Waals surface area contributed by atoms with E-state index in [2.05, 4.69) is 5.32 Å². The number of methoxy groups -OCH3 is 1. The topological polar surface area (TPSA) is 77.1 Å². The molecule has 0 saturated heterocycles. The fourth-order valence-electron chi connectivity index (χ4n) is 4.53. The van der Waals surface area contributed by atoms with Crippen molar-refractivity contribution < 1.29 is 23.8 Å². The third-order valence-electron chi connectivity index (χ3n) is 6.54. The van der Waals surface area contributed by atoms with Crippen molar-refractivity contribution in [1.29, 1.82) is 0 Å². The number of ether oxygens (including phenoxy) is 3. The van der Waals surface area contributed by atoms with Crippen molar-refractivity contribution in [2.75, 3.05) is 26.9 Å². The molecular weight excluding hydrogens is 504 g/mol. The van der Waals surface area contributed by atoms with Gasteiger partial charge in [0.1, 0.15) is 11.8 Å². The second-order valence-electron chi connectivity index (χ2n) is 9.52. The van der Waals surface area contributed by atoms with Crippen molar-refractivity contribution >= 4 is 11.8 Å². The van der Waals surface area contributed by atoms with Gasteiger partial charge in [0.2, 0.25) is 11.8 Å². The third-order valence-corrected chi connectivity index (χ3v) is 6.54. The van der Waals surface area contributed by atoms with Crippen molar-refractivity contribution in [3.8, 4) is 17.2 Å². The average Bonchev–Trinajstić information content (AvgIpc) is 2.98. The Labute approximate surface area is 238 Å². The van der Waals surface area contributed by atoms with Gasteiger partial charge in [-0.25, -0.2) is 0 Å². The lowest BCUT2D eigenvalue weighted by molar-refractivity contribution is -0.141. The number of hydrogen-bond donors (Lipinski definition) is 1. The molecule has 3 aromatic rings. The molecule has 0 aromatic heterocycles. The van der Waals surface area contributed by atoms with Crippen LogP contribution in [0.5, 0.6) is 17.2 Å². The zero-order valence-corrected chi connectivity index (χ0v) is 24.2. The summed E-state index contributed by atoms with van der Waals surface area (Å²) in [4.78, 5) is 29.1. The smallest absolute Gasteiger partial charge is 0.243 e. The standard InChI is InChI=1S/C33H42N2O5/c1-5-20-34-33(37)29(22-25-12-9-8-10-13-25)35(24-27-14-11-15-28(21-27)38-4)32(36)19-17-26-16-18-30(39-6-2)31(23-26)40-7-3/h8-16,18,21,23,29H,5-7,17,19-20,22,24H2,1-4H3,(H,34,37). The maximum Gasteiger partial charge on any atom is 0.243 e. The van der Waals surface area contributed by atoms with Crippen LogP contribution in [0.15, 0.2) is 72.8 Å². The number of carbonyl (C=O) groups excluding carboxylic acids is 2. The zero-order chi connectivity index (χ0) is 28.7. The zero-order valence-electron chi connectivity index (χ0n) is 24.2. The van der Waals surface area contributed by atoms with E-state index >= 15 is 0 Å². The van der Waals surface area contributed by atoms with E-state index in [0.717, 1.165) is 23.1 Å². The second kappa shape index (κ2) is 16.2. The van der Waals surface area contributed by atoms with Crippen LogP contribution < -0.4 is 19.5 Å². The number of aryl methyl sites for hydroxylation is 1. The van der Waals surface area contributed by atoms with Gasteiger partial charge in [0.15, 0.2) is 11.5 Å². The highest BCUT2D eigenvalue weighted by molar-refractivity contribution is 5.88. The molecule has 0 aliphatic heterocycles. The number of hydrogen-bond acceptors (Lipinski definition) is 5. The molecule has 0 aliphatic rings. The number of carbonyl (C=O) groups is 2. The van der Waals surface area contributed by atoms with Gasteiger partial charge in [-0.1, -0.05) is 55.5 Å². The predicted octanol–water partition coefficient (Wildman–Crippen LogP) is 5.59. The molecule has 3 rings (SSSR count). The van der Waals surface area contributed by atoms with Gasteiger partial charge in [-0.3, -0.25) is 9.59 Å². The van der Waals surface area contributed by atoms with Crippen molar-refractivity contribution in [1.82, 2.24) is 10.2 Å². The van der Waals surface area contributed by atoms with Crippen LogP contribution in [0.2, 0.25) is 0 Å². The fourth-order valence-corrected chi connectivity index (χ4v) is 4.53. The summed E-state index contributed by atoms with van der Waals surface area (Å²) in [6.45, 7) is 7.78. The molecule has 1 unspecified atom stereocenters. The van der Waals surface area contributed by atoms with Gasteiger partial charge >= 0.3 is 0 Å². The molecule has 0 radical (unpaired) electrons. The molecule has 1 N–H and O–H groups in total. The van der Waals surface area contributed by atoms with E-state index in [4.69, 9.17) is 14.2 Å². The minimum atomic E-state index is -0.660. The number of nitrogens with one attached hydrogen (secondary N) is 1. The Morgan fingerprint density at radius 3 is 2.25 bits per heavy atom. The Morgan fingerprint density at radius 2 is 1.55 bits per heavy atom. The first-order valence-corrected chi connectivity index (χ1v) is 14.1. The minimum Gasteiger partial charge on any atom is -0.497 e. The maximum absolute atomic E-state index is 13.9. The van der Waals surface area contributed by atoms with Crippen molar-refractivity contribution in [2.24, 2.45) is 0 Å². The minimum absolute atomic E-state index is 0.0951. The highest BCUT2D eigenvalue weighted by Crippen LogP contribution is 2.29.